The second-order valence-corrected chi connectivity index (χ2v) is 10.2. The summed E-state index contributed by atoms with van der Waals surface area (Å²) in [4.78, 5) is 25.7. The highest BCUT2D eigenvalue weighted by atomic mass is 19.4. The maximum absolute atomic E-state index is 14.0. The number of fused-ring (bicyclic) bond motifs is 1. The number of hydrogen-bond acceptors (Lipinski definition) is 5. The number of halogens is 3. The van der Waals surface area contributed by atoms with Crippen LogP contribution in [0.3, 0.4) is 0 Å². The Balaban J connectivity index is 1.36. The molecule has 0 spiro atoms. The Morgan fingerprint density at radius 1 is 0.975 bits per heavy atom. The molecular formula is C32H29F3N4O. The number of ketones is 1. The fourth-order valence-electron chi connectivity index (χ4n) is 4.85. The molecule has 8 heteroatoms. The van der Waals surface area contributed by atoms with Crippen LogP contribution in [0.4, 0.5) is 13.2 Å². The van der Waals surface area contributed by atoms with E-state index in [0.29, 0.717) is 16.7 Å². The van der Waals surface area contributed by atoms with Crippen LogP contribution in [0, 0.1) is 18.8 Å². The molecule has 0 bridgehead atoms. The van der Waals surface area contributed by atoms with Gasteiger partial charge in [0.25, 0.3) is 0 Å². The second-order valence-electron chi connectivity index (χ2n) is 10.2. The summed E-state index contributed by atoms with van der Waals surface area (Å²) in [5, 5.41) is 0.832. The van der Waals surface area contributed by atoms with Gasteiger partial charge in [0, 0.05) is 67.4 Å². The van der Waals surface area contributed by atoms with Crippen LogP contribution >= 0.6 is 0 Å². The first kappa shape index (κ1) is 27.5. The second kappa shape index (κ2) is 11.6. The lowest BCUT2D eigenvalue weighted by molar-refractivity contribution is -0.138. The molecule has 0 radical (unpaired) electrons. The number of aryl methyl sites for hydroxylation is 1. The summed E-state index contributed by atoms with van der Waals surface area (Å²) in [7, 11) is 2.01. The average Bonchev–Trinajstić information content (AvgIpc) is 2.94. The third kappa shape index (κ3) is 6.39. The predicted molar refractivity (Wildman–Crippen MR) is 149 cm³/mol. The number of hydrogen-bond donors (Lipinski definition) is 0. The molecule has 1 aromatic heterocycles. The number of piperazine rings is 1. The molecule has 0 unspecified atom stereocenters. The maximum Gasteiger partial charge on any atom is 0.416 e. The Morgan fingerprint density at radius 3 is 2.52 bits per heavy atom. The Bertz CT molecular complexity index is 1610. The van der Waals surface area contributed by atoms with Gasteiger partial charge in [-0.1, -0.05) is 42.2 Å². The zero-order valence-electron chi connectivity index (χ0n) is 22.4. The molecule has 1 fully saturated rings. The van der Waals surface area contributed by atoms with Crippen molar-refractivity contribution in [3.63, 3.8) is 0 Å². The molecule has 2 heterocycles. The normalized spacial score (nSPS) is 14.6. The first-order valence-corrected chi connectivity index (χ1v) is 13.1. The lowest BCUT2D eigenvalue weighted by atomic mass is 9.96. The molecule has 1 aliphatic heterocycles. The van der Waals surface area contributed by atoms with Crippen molar-refractivity contribution in [3.8, 4) is 11.8 Å². The van der Waals surface area contributed by atoms with Gasteiger partial charge in [0.1, 0.15) is 6.33 Å². The zero-order chi connectivity index (χ0) is 28.3. The van der Waals surface area contributed by atoms with Gasteiger partial charge in [-0.25, -0.2) is 9.97 Å². The molecule has 3 aromatic carbocycles. The monoisotopic (exact) mass is 542 g/mol. The summed E-state index contributed by atoms with van der Waals surface area (Å²) in [6, 6.07) is 15.1. The highest BCUT2D eigenvalue weighted by Gasteiger charge is 2.34. The summed E-state index contributed by atoms with van der Waals surface area (Å²) >= 11 is 0. The van der Waals surface area contributed by atoms with Crippen LogP contribution in [-0.2, 0) is 19.1 Å². The van der Waals surface area contributed by atoms with Crippen LogP contribution in [0.15, 0.2) is 67.1 Å². The Kier molecular flexibility index (Phi) is 7.97. The van der Waals surface area contributed by atoms with Crippen LogP contribution in [0.2, 0.25) is 0 Å². The van der Waals surface area contributed by atoms with Crippen LogP contribution < -0.4 is 0 Å². The molecule has 40 heavy (non-hydrogen) atoms. The van der Waals surface area contributed by atoms with Gasteiger partial charge in [0.05, 0.1) is 11.1 Å². The van der Waals surface area contributed by atoms with E-state index in [2.05, 4.69) is 26.7 Å². The largest absolute Gasteiger partial charge is 0.416 e. The lowest BCUT2D eigenvalue weighted by Gasteiger charge is -2.33. The Labute approximate surface area is 231 Å². The van der Waals surface area contributed by atoms with Crippen molar-refractivity contribution in [2.75, 3.05) is 33.2 Å². The van der Waals surface area contributed by atoms with E-state index in [9.17, 15) is 18.0 Å². The molecular weight excluding hydrogens is 513 g/mol. The SMILES string of the molecule is Cc1ccc(C(=O)Cc2ccc(CN3CCN(C)CC3)c(C(F)(F)F)c2)cc1C#Cc1cccc2ncncc12. The molecule has 0 saturated carbocycles. The molecule has 1 aliphatic rings. The van der Waals surface area contributed by atoms with Crippen LogP contribution in [0.1, 0.15) is 43.7 Å². The molecule has 5 nitrogen and oxygen atoms in total. The van der Waals surface area contributed by atoms with E-state index in [4.69, 9.17) is 0 Å². The van der Waals surface area contributed by atoms with Crippen molar-refractivity contribution in [2.24, 2.45) is 0 Å². The number of alkyl halides is 3. The molecule has 1 saturated heterocycles. The van der Waals surface area contributed by atoms with Crippen molar-refractivity contribution in [2.45, 2.75) is 26.1 Å². The van der Waals surface area contributed by atoms with Crippen molar-refractivity contribution in [1.29, 1.82) is 0 Å². The molecule has 0 amide bonds. The summed E-state index contributed by atoms with van der Waals surface area (Å²) in [5.41, 5.74) is 3.44. The zero-order valence-corrected chi connectivity index (χ0v) is 22.4. The molecule has 4 aromatic rings. The minimum atomic E-state index is -4.50. The van der Waals surface area contributed by atoms with Gasteiger partial charge in [0.15, 0.2) is 5.78 Å². The smallest absolute Gasteiger partial charge is 0.304 e. The van der Waals surface area contributed by atoms with Gasteiger partial charge in [-0.05, 0) is 54.9 Å². The number of benzene rings is 3. The number of Topliss-reactive ketones (excluding diaryl/α,β-unsaturated/α-hetero) is 1. The molecule has 0 N–H and O–H groups in total. The van der Waals surface area contributed by atoms with Gasteiger partial charge in [-0.15, -0.1) is 0 Å². The summed E-state index contributed by atoms with van der Waals surface area (Å²) < 4.78 is 42.0. The number of nitrogens with zero attached hydrogens (tertiary/aromatic N) is 4. The quantitative estimate of drug-likeness (QED) is 0.245. The standard InChI is InChI=1S/C32H29F3N4O/c1-22-6-8-26(18-25(22)11-10-24-4-3-5-30-28(24)19-36-21-37-30)31(40)17-23-7-9-27(29(16-23)32(33,34)35)20-39-14-12-38(2)13-15-39/h3-9,16,18-19,21H,12-15,17,20H2,1-2H3. The number of likely N-dealkylation sites (N-methyl/N-ethyl adjacent to an activating group) is 1. The average molecular weight is 543 g/mol. The van der Waals surface area contributed by atoms with Crippen molar-refractivity contribution < 1.29 is 18.0 Å². The molecule has 0 atom stereocenters. The van der Waals surface area contributed by atoms with E-state index in [1.165, 1.54) is 12.4 Å². The first-order chi connectivity index (χ1) is 19.2. The molecule has 204 valence electrons. The van der Waals surface area contributed by atoms with Gasteiger partial charge in [0.2, 0.25) is 0 Å². The summed E-state index contributed by atoms with van der Waals surface area (Å²) in [5.74, 6) is 6.04. The van der Waals surface area contributed by atoms with E-state index in [0.717, 1.165) is 54.3 Å². The van der Waals surface area contributed by atoms with Crippen molar-refractivity contribution in [1.82, 2.24) is 19.8 Å². The van der Waals surface area contributed by atoms with Gasteiger partial charge in [-0.2, -0.15) is 13.2 Å². The van der Waals surface area contributed by atoms with E-state index in [1.807, 2.05) is 43.1 Å². The van der Waals surface area contributed by atoms with E-state index >= 15 is 0 Å². The number of carbonyl (C=O) groups is 1. The summed E-state index contributed by atoms with van der Waals surface area (Å²) in [6.07, 6.45) is -1.43. The van der Waals surface area contributed by atoms with Crippen molar-refractivity contribution >= 4 is 16.7 Å². The van der Waals surface area contributed by atoms with Crippen molar-refractivity contribution in [3.05, 3.63) is 106 Å². The fourth-order valence-corrected chi connectivity index (χ4v) is 4.85. The number of rotatable bonds is 5. The van der Waals surface area contributed by atoms with Gasteiger partial charge in [-0.3, -0.25) is 9.69 Å². The summed E-state index contributed by atoms with van der Waals surface area (Å²) in [6.45, 7) is 5.24. The highest BCUT2D eigenvalue weighted by Crippen LogP contribution is 2.34. The van der Waals surface area contributed by atoms with Crippen LogP contribution in [0.5, 0.6) is 0 Å². The Hall–Kier alpha value is -4.06. The highest BCUT2D eigenvalue weighted by molar-refractivity contribution is 5.98. The lowest BCUT2D eigenvalue weighted by Crippen LogP contribution is -2.44. The van der Waals surface area contributed by atoms with E-state index < -0.39 is 11.7 Å². The van der Waals surface area contributed by atoms with E-state index in [1.54, 1.807) is 24.4 Å². The minimum Gasteiger partial charge on any atom is -0.304 e. The fraction of sp³-hybridized carbons (Fsp3) is 0.281. The first-order valence-electron chi connectivity index (χ1n) is 13.1. The third-order valence-corrected chi connectivity index (χ3v) is 7.28. The molecule has 5 rings (SSSR count). The maximum atomic E-state index is 14.0. The number of carbonyl (C=O) groups excluding carboxylic acids is 1. The molecule has 0 aliphatic carbocycles. The third-order valence-electron chi connectivity index (χ3n) is 7.28. The van der Waals surface area contributed by atoms with E-state index in [-0.39, 0.29) is 24.3 Å². The van der Waals surface area contributed by atoms with Crippen LogP contribution in [-0.4, -0.2) is 58.8 Å². The Morgan fingerprint density at radius 2 is 1.75 bits per heavy atom. The minimum absolute atomic E-state index is 0.130. The van der Waals surface area contributed by atoms with Gasteiger partial charge >= 0.3 is 6.18 Å². The van der Waals surface area contributed by atoms with Crippen LogP contribution in [0.25, 0.3) is 10.9 Å². The van der Waals surface area contributed by atoms with Gasteiger partial charge < -0.3 is 4.90 Å². The number of aromatic nitrogens is 2. The topological polar surface area (TPSA) is 49.3 Å². The predicted octanol–water partition coefficient (Wildman–Crippen LogP) is 5.53.